The second-order valence-electron chi connectivity index (χ2n) is 4.15. The Morgan fingerprint density at radius 3 is 2.06 bits per heavy atom. The number of hydrogen-bond acceptors (Lipinski definition) is 2. The Kier molecular flexibility index (Phi) is 3.63. The molecule has 0 amide bonds. The molecule has 18 heavy (non-hydrogen) atoms. The monoisotopic (exact) mass is 242 g/mol. The van der Waals surface area contributed by atoms with Gasteiger partial charge in [0.1, 0.15) is 5.75 Å². The summed E-state index contributed by atoms with van der Waals surface area (Å²) in [6.45, 7) is 0. The van der Waals surface area contributed by atoms with Crippen LogP contribution in [0.4, 0.5) is 0 Å². The van der Waals surface area contributed by atoms with E-state index >= 15 is 0 Å². The lowest BCUT2D eigenvalue weighted by Gasteiger charge is -2.15. The van der Waals surface area contributed by atoms with E-state index in [0.717, 1.165) is 11.1 Å². The number of rotatable bonds is 4. The summed E-state index contributed by atoms with van der Waals surface area (Å²) in [6.07, 6.45) is 0.0365. The van der Waals surface area contributed by atoms with E-state index in [-0.39, 0.29) is 18.1 Å². The van der Waals surface area contributed by atoms with Crippen LogP contribution in [0, 0.1) is 0 Å². The standard InChI is InChI=1S/C15H14O3/c16-13-8-6-12(7-9-13)14(10-15(17)18)11-4-2-1-3-5-11/h1-9,14,16H,10H2,(H,17,18). The summed E-state index contributed by atoms with van der Waals surface area (Å²) in [5.74, 6) is -0.845. The molecule has 0 radical (unpaired) electrons. The van der Waals surface area contributed by atoms with Crippen LogP contribution >= 0.6 is 0 Å². The lowest BCUT2D eigenvalue weighted by atomic mass is 9.88. The first-order valence-electron chi connectivity index (χ1n) is 5.72. The Bertz CT molecular complexity index is 517. The molecule has 3 heteroatoms. The van der Waals surface area contributed by atoms with Crippen molar-refractivity contribution in [1.82, 2.24) is 0 Å². The predicted octanol–water partition coefficient (Wildman–Crippen LogP) is 3.00. The average molecular weight is 242 g/mol. The third-order valence-corrected chi connectivity index (χ3v) is 2.88. The van der Waals surface area contributed by atoms with Gasteiger partial charge in [0.05, 0.1) is 6.42 Å². The maximum absolute atomic E-state index is 11.0. The lowest BCUT2D eigenvalue weighted by Crippen LogP contribution is -2.07. The van der Waals surface area contributed by atoms with Crippen molar-refractivity contribution in [1.29, 1.82) is 0 Å². The molecule has 0 fully saturated rings. The number of carbonyl (C=O) groups is 1. The van der Waals surface area contributed by atoms with Crippen LogP contribution < -0.4 is 0 Å². The van der Waals surface area contributed by atoms with E-state index < -0.39 is 5.97 Å². The molecule has 0 heterocycles. The molecule has 1 unspecified atom stereocenters. The minimum Gasteiger partial charge on any atom is -0.508 e. The summed E-state index contributed by atoms with van der Waals surface area (Å²) in [7, 11) is 0. The Balaban J connectivity index is 2.36. The molecule has 2 rings (SSSR count). The SMILES string of the molecule is O=C(O)CC(c1ccccc1)c1ccc(O)cc1. The summed E-state index contributed by atoms with van der Waals surface area (Å²) >= 11 is 0. The number of phenolic OH excluding ortho intramolecular Hbond substituents is 1. The molecule has 0 aliphatic rings. The van der Waals surface area contributed by atoms with Gasteiger partial charge in [0.2, 0.25) is 0 Å². The molecule has 3 nitrogen and oxygen atoms in total. The van der Waals surface area contributed by atoms with Crippen LogP contribution in [0.15, 0.2) is 54.6 Å². The van der Waals surface area contributed by atoms with E-state index in [0.29, 0.717) is 0 Å². The molecule has 0 aliphatic heterocycles. The van der Waals surface area contributed by atoms with Gasteiger partial charge < -0.3 is 10.2 Å². The van der Waals surface area contributed by atoms with Gasteiger partial charge in [0, 0.05) is 5.92 Å². The number of hydrogen-bond donors (Lipinski definition) is 2. The predicted molar refractivity (Wildman–Crippen MR) is 68.6 cm³/mol. The van der Waals surface area contributed by atoms with Crippen molar-refractivity contribution in [3.05, 3.63) is 65.7 Å². The van der Waals surface area contributed by atoms with E-state index in [9.17, 15) is 9.90 Å². The quantitative estimate of drug-likeness (QED) is 0.866. The van der Waals surface area contributed by atoms with Crippen molar-refractivity contribution in [2.75, 3.05) is 0 Å². The third kappa shape index (κ3) is 2.88. The fraction of sp³-hybridized carbons (Fsp3) is 0.133. The topological polar surface area (TPSA) is 57.5 Å². The van der Waals surface area contributed by atoms with Crippen LogP contribution in [-0.2, 0) is 4.79 Å². The van der Waals surface area contributed by atoms with Gasteiger partial charge in [0.15, 0.2) is 0 Å². The number of phenols is 1. The van der Waals surface area contributed by atoms with E-state index in [4.69, 9.17) is 5.11 Å². The fourth-order valence-electron chi connectivity index (χ4n) is 1.99. The van der Waals surface area contributed by atoms with Gasteiger partial charge in [-0.15, -0.1) is 0 Å². The smallest absolute Gasteiger partial charge is 0.304 e. The van der Waals surface area contributed by atoms with Crippen LogP contribution in [0.2, 0.25) is 0 Å². The zero-order valence-electron chi connectivity index (χ0n) is 9.78. The molecule has 2 N–H and O–H groups in total. The van der Waals surface area contributed by atoms with Gasteiger partial charge in [-0.1, -0.05) is 42.5 Å². The van der Waals surface area contributed by atoms with Crippen molar-refractivity contribution in [2.45, 2.75) is 12.3 Å². The fourth-order valence-corrected chi connectivity index (χ4v) is 1.99. The van der Waals surface area contributed by atoms with Crippen molar-refractivity contribution in [3.63, 3.8) is 0 Å². The van der Waals surface area contributed by atoms with Crippen LogP contribution in [0.5, 0.6) is 5.75 Å². The van der Waals surface area contributed by atoms with E-state index in [1.807, 2.05) is 30.3 Å². The summed E-state index contributed by atoms with van der Waals surface area (Å²) in [5.41, 5.74) is 1.85. The van der Waals surface area contributed by atoms with Crippen molar-refractivity contribution in [3.8, 4) is 5.75 Å². The second kappa shape index (κ2) is 5.36. The molecule has 0 bridgehead atoms. The Hall–Kier alpha value is -2.29. The number of carboxylic acid groups (broad SMARTS) is 1. The Morgan fingerprint density at radius 1 is 0.944 bits per heavy atom. The summed E-state index contributed by atoms with van der Waals surface area (Å²) in [4.78, 5) is 11.0. The normalized spacial score (nSPS) is 12.0. The van der Waals surface area contributed by atoms with Crippen molar-refractivity contribution >= 4 is 5.97 Å². The molecule has 0 spiro atoms. The highest BCUT2D eigenvalue weighted by atomic mass is 16.4. The summed E-state index contributed by atoms with van der Waals surface area (Å²) in [5, 5.41) is 18.3. The van der Waals surface area contributed by atoms with Crippen molar-refractivity contribution in [2.24, 2.45) is 0 Å². The molecule has 0 aliphatic carbocycles. The number of aromatic hydroxyl groups is 1. The van der Waals surface area contributed by atoms with Gasteiger partial charge >= 0.3 is 5.97 Å². The third-order valence-electron chi connectivity index (χ3n) is 2.88. The molecule has 92 valence electrons. The molecule has 2 aromatic rings. The Morgan fingerprint density at radius 2 is 1.50 bits per heavy atom. The van der Waals surface area contributed by atoms with Crippen molar-refractivity contribution < 1.29 is 15.0 Å². The molecule has 0 aromatic heterocycles. The zero-order valence-corrected chi connectivity index (χ0v) is 9.78. The lowest BCUT2D eigenvalue weighted by molar-refractivity contribution is -0.137. The van der Waals surface area contributed by atoms with Crippen LogP contribution in [0.25, 0.3) is 0 Å². The van der Waals surface area contributed by atoms with Gasteiger partial charge in [-0.3, -0.25) is 4.79 Å². The summed E-state index contributed by atoms with van der Waals surface area (Å²) < 4.78 is 0. The summed E-state index contributed by atoms with van der Waals surface area (Å²) in [6, 6.07) is 16.2. The minimum atomic E-state index is -0.836. The molecular formula is C15H14O3. The first-order valence-corrected chi connectivity index (χ1v) is 5.72. The molecule has 1 atom stereocenters. The van der Waals surface area contributed by atoms with Gasteiger partial charge in [-0.2, -0.15) is 0 Å². The van der Waals surface area contributed by atoms with Crippen LogP contribution in [-0.4, -0.2) is 16.2 Å². The number of carboxylic acids is 1. The van der Waals surface area contributed by atoms with E-state index in [1.54, 1.807) is 24.3 Å². The van der Waals surface area contributed by atoms with Gasteiger partial charge in [0.25, 0.3) is 0 Å². The first kappa shape index (κ1) is 12.2. The highest BCUT2D eigenvalue weighted by molar-refractivity contribution is 5.69. The highest BCUT2D eigenvalue weighted by Crippen LogP contribution is 2.28. The molecule has 2 aromatic carbocycles. The first-order chi connectivity index (χ1) is 8.66. The highest BCUT2D eigenvalue weighted by Gasteiger charge is 2.17. The maximum atomic E-state index is 11.0. The van der Waals surface area contributed by atoms with E-state index in [2.05, 4.69) is 0 Å². The largest absolute Gasteiger partial charge is 0.508 e. The average Bonchev–Trinajstić information content (AvgIpc) is 2.38. The van der Waals surface area contributed by atoms with Gasteiger partial charge in [-0.05, 0) is 23.3 Å². The second-order valence-corrected chi connectivity index (χ2v) is 4.15. The van der Waals surface area contributed by atoms with E-state index in [1.165, 1.54) is 0 Å². The van der Waals surface area contributed by atoms with Gasteiger partial charge in [-0.25, -0.2) is 0 Å². The maximum Gasteiger partial charge on any atom is 0.304 e. The number of benzene rings is 2. The zero-order chi connectivity index (χ0) is 13.0. The Labute approximate surface area is 105 Å². The molecule has 0 saturated heterocycles. The van der Waals surface area contributed by atoms with Crippen LogP contribution in [0.1, 0.15) is 23.5 Å². The van der Waals surface area contributed by atoms with Crippen LogP contribution in [0.3, 0.4) is 0 Å². The molecule has 0 saturated carbocycles. The minimum absolute atomic E-state index is 0.0365. The number of aliphatic carboxylic acids is 1. The molecular weight excluding hydrogens is 228 g/mol.